The number of ether oxygens (including phenoxy) is 2. The monoisotopic (exact) mass is 479 g/mol. The van der Waals surface area contributed by atoms with Gasteiger partial charge in [0.25, 0.3) is 0 Å². The molecule has 5 nitrogen and oxygen atoms in total. The van der Waals surface area contributed by atoms with Crippen LogP contribution >= 0.6 is 12.9 Å². The summed E-state index contributed by atoms with van der Waals surface area (Å²) in [5.74, 6) is -1.23. The quantitative estimate of drug-likeness (QED) is 0.303. The van der Waals surface area contributed by atoms with Gasteiger partial charge in [-0.3, -0.25) is 0 Å². The summed E-state index contributed by atoms with van der Waals surface area (Å²) in [5.41, 5.74) is 7.52. The van der Waals surface area contributed by atoms with Gasteiger partial charge in [-0.2, -0.15) is 0 Å². The lowest BCUT2D eigenvalue weighted by molar-refractivity contribution is -0.159. The predicted molar refractivity (Wildman–Crippen MR) is 132 cm³/mol. The van der Waals surface area contributed by atoms with E-state index in [0.29, 0.717) is 0 Å². The van der Waals surface area contributed by atoms with Crippen LogP contribution < -0.4 is 0 Å². The molecule has 2 aliphatic carbocycles. The maximum Gasteiger partial charge on any atom is 0.522 e. The number of fused-ring (bicyclic) bond motifs is 6. The van der Waals surface area contributed by atoms with Crippen LogP contribution in [0, 0.1) is 0 Å². The van der Waals surface area contributed by atoms with E-state index in [1.807, 2.05) is 97.1 Å². The SMILES string of the molecule is O=C(O[S])OC(C(=O)OC1c2ccccc2-c2ccccc21)C1c2ccccc2-c2ccccc21. The molecule has 0 saturated carbocycles. The third-order valence-corrected chi connectivity index (χ3v) is 6.85. The van der Waals surface area contributed by atoms with Crippen LogP contribution in [0.25, 0.3) is 22.3 Å². The number of hydrogen-bond donors (Lipinski definition) is 0. The molecule has 0 bridgehead atoms. The van der Waals surface area contributed by atoms with E-state index in [-0.39, 0.29) is 0 Å². The Kier molecular flexibility index (Phi) is 5.30. The fraction of sp³-hybridized carbons (Fsp3) is 0.103. The first kappa shape index (κ1) is 21.5. The van der Waals surface area contributed by atoms with Gasteiger partial charge in [-0.1, -0.05) is 97.1 Å². The zero-order valence-electron chi connectivity index (χ0n) is 18.4. The minimum atomic E-state index is -1.28. The molecular formula is C29H19O5S. The molecule has 4 aromatic carbocycles. The van der Waals surface area contributed by atoms with E-state index in [2.05, 4.69) is 17.1 Å². The fourth-order valence-electron chi connectivity index (χ4n) is 5.32. The molecule has 0 amide bonds. The third kappa shape index (κ3) is 3.49. The molecule has 0 spiro atoms. The van der Waals surface area contributed by atoms with Crippen molar-refractivity contribution < 1.29 is 23.2 Å². The van der Waals surface area contributed by atoms with E-state index >= 15 is 0 Å². The van der Waals surface area contributed by atoms with Gasteiger partial charge in [0, 0.05) is 11.1 Å². The van der Waals surface area contributed by atoms with Gasteiger partial charge >= 0.3 is 12.1 Å². The molecule has 171 valence electrons. The molecule has 4 aromatic rings. The summed E-state index contributed by atoms with van der Waals surface area (Å²) in [5, 5.41) is 0. The van der Waals surface area contributed by atoms with Crippen molar-refractivity contribution in [1.82, 2.24) is 0 Å². The Bertz CT molecular complexity index is 1370. The molecule has 35 heavy (non-hydrogen) atoms. The largest absolute Gasteiger partial charge is 0.522 e. The third-order valence-electron chi connectivity index (χ3n) is 6.72. The van der Waals surface area contributed by atoms with Crippen LogP contribution in [0.2, 0.25) is 0 Å². The molecule has 6 rings (SSSR count). The number of esters is 1. The number of carbonyl (C=O) groups excluding carboxylic acids is 2. The average molecular weight is 480 g/mol. The smallest absolute Gasteiger partial charge is 0.450 e. The van der Waals surface area contributed by atoms with Gasteiger partial charge in [-0.25, -0.2) is 9.59 Å². The van der Waals surface area contributed by atoms with Crippen molar-refractivity contribution in [1.29, 1.82) is 0 Å². The van der Waals surface area contributed by atoms with Gasteiger partial charge in [0.1, 0.15) is 0 Å². The number of rotatable bonds is 4. The van der Waals surface area contributed by atoms with Crippen molar-refractivity contribution in [3.63, 3.8) is 0 Å². The summed E-state index contributed by atoms with van der Waals surface area (Å²) in [6.45, 7) is 0. The summed E-state index contributed by atoms with van der Waals surface area (Å²) < 4.78 is 16.0. The second kappa shape index (κ2) is 8.64. The summed E-state index contributed by atoms with van der Waals surface area (Å²) in [4.78, 5) is 26.0. The Morgan fingerprint density at radius 2 is 1.03 bits per heavy atom. The Morgan fingerprint density at radius 3 is 1.49 bits per heavy atom. The minimum absolute atomic E-state index is 0.559. The predicted octanol–water partition coefficient (Wildman–Crippen LogP) is 6.75. The van der Waals surface area contributed by atoms with Crippen LogP contribution in [0.5, 0.6) is 0 Å². The molecule has 0 N–H and O–H groups in total. The zero-order valence-corrected chi connectivity index (χ0v) is 19.2. The zero-order chi connectivity index (χ0) is 23.9. The van der Waals surface area contributed by atoms with Crippen LogP contribution in [-0.4, -0.2) is 18.2 Å². The van der Waals surface area contributed by atoms with Gasteiger partial charge in [-0.15, -0.1) is 0 Å². The van der Waals surface area contributed by atoms with Crippen molar-refractivity contribution in [3.8, 4) is 22.3 Å². The van der Waals surface area contributed by atoms with Crippen LogP contribution in [0.1, 0.15) is 34.3 Å². The molecule has 1 radical (unpaired) electrons. The highest BCUT2D eigenvalue weighted by Crippen LogP contribution is 2.49. The Balaban J connectivity index is 1.42. The first-order valence-corrected chi connectivity index (χ1v) is 11.6. The summed E-state index contributed by atoms with van der Waals surface area (Å²) in [7, 11) is 0. The lowest BCUT2D eigenvalue weighted by atomic mass is 9.91. The molecular weight excluding hydrogens is 460 g/mol. The van der Waals surface area contributed by atoms with Crippen LogP contribution in [0.15, 0.2) is 97.1 Å². The molecule has 0 aromatic heterocycles. The molecule has 0 saturated heterocycles. The Hall–Kier alpha value is -4.03. The second-order valence-corrected chi connectivity index (χ2v) is 8.68. The van der Waals surface area contributed by atoms with Gasteiger partial charge in [0.05, 0.1) is 5.92 Å². The highest BCUT2D eigenvalue weighted by molar-refractivity contribution is 7.75. The summed E-state index contributed by atoms with van der Waals surface area (Å²) in [6, 6.07) is 31.2. The number of benzene rings is 4. The summed E-state index contributed by atoms with van der Waals surface area (Å²) in [6.07, 6.45) is -3.02. The van der Waals surface area contributed by atoms with Crippen LogP contribution in [0.4, 0.5) is 4.79 Å². The average Bonchev–Trinajstić information content (AvgIpc) is 3.40. The van der Waals surface area contributed by atoms with E-state index in [4.69, 9.17) is 9.47 Å². The van der Waals surface area contributed by atoms with E-state index in [1.54, 1.807) is 0 Å². The first-order valence-electron chi connectivity index (χ1n) is 11.2. The van der Waals surface area contributed by atoms with E-state index in [1.165, 1.54) is 0 Å². The number of hydrogen-bond acceptors (Lipinski definition) is 5. The lowest BCUT2D eigenvalue weighted by Crippen LogP contribution is -2.35. The first-order chi connectivity index (χ1) is 17.2. The normalized spacial score (nSPS) is 14.3. The van der Waals surface area contributed by atoms with Crippen molar-refractivity contribution >= 4 is 25.0 Å². The van der Waals surface area contributed by atoms with E-state index in [0.717, 1.165) is 44.5 Å². The van der Waals surface area contributed by atoms with Gasteiger partial charge in [0.2, 0.25) is 6.10 Å². The maximum absolute atomic E-state index is 13.8. The topological polar surface area (TPSA) is 61.8 Å². The van der Waals surface area contributed by atoms with Gasteiger partial charge < -0.3 is 13.7 Å². The molecule has 0 aliphatic heterocycles. The van der Waals surface area contributed by atoms with Crippen LogP contribution in [0.3, 0.4) is 0 Å². The standard InChI is InChI=1S/C29H19O5S/c30-28(32-26-23-15-7-3-11-19(23)20-12-4-8-16-24(20)26)27(33-29(31)34-35)25-21-13-5-1-9-17(21)18-10-2-6-14-22(18)25/h1-16,25-27H. The fourth-order valence-corrected chi connectivity index (χ4v) is 5.36. The minimum Gasteiger partial charge on any atom is -0.450 e. The Morgan fingerprint density at radius 1 is 0.629 bits per heavy atom. The second-order valence-electron chi connectivity index (χ2n) is 8.52. The highest BCUT2D eigenvalue weighted by atomic mass is 32.1. The van der Waals surface area contributed by atoms with E-state index < -0.39 is 30.3 Å². The maximum atomic E-state index is 13.8. The number of carbonyl (C=O) groups is 2. The van der Waals surface area contributed by atoms with Crippen molar-refractivity contribution in [3.05, 3.63) is 119 Å². The van der Waals surface area contributed by atoms with E-state index in [9.17, 15) is 9.59 Å². The summed E-state index contributed by atoms with van der Waals surface area (Å²) >= 11 is 4.43. The molecule has 6 heteroatoms. The van der Waals surface area contributed by atoms with Crippen molar-refractivity contribution in [2.75, 3.05) is 0 Å². The van der Waals surface area contributed by atoms with Crippen molar-refractivity contribution in [2.24, 2.45) is 0 Å². The Labute approximate surface area is 207 Å². The van der Waals surface area contributed by atoms with Crippen molar-refractivity contribution in [2.45, 2.75) is 18.1 Å². The molecule has 2 aliphatic rings. The van der Waals surface area contributed by atoms with Crippen LogP contribution in [-0.2, 0) is 18.5 Å². The van der Waals surface area contributed by atoms with Gasteiger partial charge in [-0.05, 0) is 33.4 Å². The molecule has 1 unspecified atom stereocenters. The molecule has 1 atom stereocenters. The lowest BCUT2D eigenvalue weighted by Gasteiger charge is -2.25. The van der Waals surface area contributed by atoms with Gasteiger partial charge in [0.15, 0.2) is 19.0 Å². The highest BCUT2D eigenvalue weighted by Gasteiger charge is 2.43. The molecule has 0 heterocycles. The molecule has 0 fully saturated rings.